The van der Waals surface area contributed by atoms with Crippen LogP contribution in [0, 0.1) is 6.92 Å². The molecule has 2 rings (SSSR count). The van der Waals surface area contributed by atoms with Crippen molar-refractivity contribution in [1.82, 2.24) is 4.98 Å². The maximum Gasteiger partial charge on any atom is 0.387 e. The quantitative estimate of drug-likeness (QED) is 0.871. The largest absolute Gasteiger partial charge is 0.435 e. The molecule has 0 bridgehead atoms. The molecular formula is C14H11ClF2N2O2. The minimum atomic E-state index is -2.90. The summed E-state index contributed by atoms with van der Waals surface area (Å²) in [6.45, 7) is -1.19. The van der Waals surface area contributed by atoms with Crippen LogP contribution in [-0.2, 0) is 0 Å². The van der Waals surface area contributed by atoms with E-state index in [9.17, 15) is 13.6 Å². The van der Waals surface area contributed by atoms with Crippen LogP contribution in [-0.4, -0.2) is 17.5 Å². The second kappa shape index (κ2) is 6.49. The van der Waals surface area contributed by atoms with E-state index in [0.29, 0.717) is 22.1 Å². The zero-order valence-electron chi connectivity index (χ0n) is 10.9. The fourth-order valence-corrected chi connectivity index (χ4v) is 1.83. The van der Waals surface area contributed by atoms with Crippen molar-refractivity contribution in [2.24, 2.45) is 0 Å². The highest BCUT2D eigenvalue weighted by molar-refractivity contribution is 6.29. The summed E-state index contributed by atoms with van der Waals surface area (Å²) >= 11 is 5.73. The number of hydrogen-bond donors (Lipinski definition) is 1. The molecule has 0 saturated carbocycles. The molecule has 1 N–H and O–H groups in total. The Bertz CT molecular complexity index is 648. The van der Waals surface area contributed by atoms with Crippen LogP contribution in [0.1, 0.15) is 16.1 Å². The number of nitrogens with zero attached hydrogens (tertiary/aromatic N) is 1. The van der Waals surface area contributed by atoms with Gasteiger partial charge in [0.15, 0.2) is 0 Å². The average molecular weight is 313 g/mol. The van der Waals surface area contributed by atoms with E-state index < -0.39 is 6.61 Å². The molecule has 1 amide bonds. The SMILES string of the molecule is Cc1nc(Cl)ccc1NC(=O)c1ccc(OC(F)F)cc1. The number of aromatic nitrogens is 1. The molecule has 0 aliphatic heterocycles. The molecule has 0 unspecified atom stereocenters. The monoisotopic (exact) mass is 312 g/mol. The number of hydrogen-bond acceptors (Lipinski definition) is 3. The molecule has 4 nitrogen and oxygen atoms in total. The topological polar surface area (TPSA) is 51.2 Å². The summed E-state index contributed by atoms with van der Waals surface area (Å²) in [5.41, 5.74) is 1.41. The number of rotatable bonds is 4. The molecule has 110 valence electrons. The van der Waals surface area contributed by atoms with Gasteiger partial charge in [-0.25, -0.2) is 4.98 Å². The number of aryl methyl sites for hydroxylation is 1. The van der Waals surface area contributed by atoms with Crippen molar-refractivity contribution in [3.63, 3.8) is 0 Å². The lowest BCUT2D eigenvalue weighted by molar-refractivity contribution is -0.0498. The van der Waals surface area contributed by atoms with Crippen molar-refractivity contribution in [3.8, 4) is 5.75 Å². The van der Waals surface area contributed by atoms with Gasteiger partial charge in [0.05, 0.1) is 11.4 Å². The van der Waals surface area contributed by atoms with Gasteiger partial charge in [-0.2, -0.15) is 8.78 Å². The van der Waals surface area contributed by atoms with Crippen LogP contribution < -0.4 is 10.1 Å². The van der Waals surface area contributed by atoms with Gasteiger partial charge in [0.1, 0.15) is 10.9 Å². The standard InChI is InChI=1S/C14H11ClF2N2O2/c1-8-11(6-7-12(15)18-8)19-13(20)9-2-4-10(5-3-9)21-14(16)17/h2-7,14H,1H3,(H,19,20). The number of halogens is 3. The zero-order valence-corrected chi connectivity index (χ0v) is 11.7. The van der Waals surface area contributed by atoms with Crippen LogP contribution >= 0.6 is 11.6 Å². The summed E-state index contributed by atoms with van der Waals surface area (Å²) in [4.78, 5) is 16.0. The molecule has 0 radical (unpaired) electrons. The first-order valence-electron chi connectivity index (χ1n) is 5.95. The van der Waals surface area contributed by atoms with Crippen molar-refractivity contribution in [1.29, 1.82) is 0 Å². The van der Waals surface area contributed by atoms with E-state index in [1.165, 1.54) is 24.3 Å². The Morgan fingerprint density at radius 1 is 1.24 bits per heavy atom. The normalized spacial score (nSPS) is 10.5. The van der Waals surface area contributed by atoms with Crippen LogP contribution in [0.5, 0.6) is 5.75 Å². The van der Waals surface area contributed by atoms with Gasteiger partial charge in [-0.3, -0.25) is 4.79 Å². The number of pyridine rings is 1. The highest BCUT2D eigenvalue weighted by Gasteiger charge is 2.10. The van der Waals surface area contributed by atoms with E-state index in [1.54, 1.807) is 19.1 Å². The fraction of sp³-hybridized carbons (Fsp3) is 0.143. The van der Waals surface area contributed by atoms with Gasteiger partial charge < -0.3 is 10.1 Å². The van der Waals surface area contributed by atoms with Gasteiger partial charge >= 0.3 is 6.61 Å². The van der Waals surface area contributed by atoms with Crippen LogP contribution in [0.25, 0.3) is 0 Å². The first-order chi connectivity index (χ1) is 9.95. The fourth-order valence-electron chi connectivity index (χ4n) is 1.64. The van der Waals surface area contributed by atoms with Crippen molar-refractivity contribution in [2.75, 3.05) is 5.32 Å². The minimum absolute atomic E-state index is 0.00844. The Kier molecular flexibility index (Phi) is 4.70. The summed E-state index contributed by atoms with van der Waals surface area (Å²) < 4.78 is 28.3. The molecule has 1 aromatic carbocycles. The van der Waals surface area contributed by atoms with Crippen molar-refractivity contribution < 1.29 is 18.3 Å². The van der Waals surface area contributed by atoms with Gasteiger partial charge in [-0.05, 0) is 43.3 Å². The van der Waals surface area contributed by atoms with E-state index in [0.717, 1.165) is 0 Å². The summed E-state index contributed by atoms with van der Waals surface area (Å²) in [5.74, 6) is -0.392. The highest BCUT2D eigenvalue weighted by Crippen LogP contribution is 2.18. The second-order valence-corrected chi connectivity index (χ2v) is 4.51. The van der Waals surface area contributed by atoms with Crippen LogP contribution in [0.15, 0.2) is 36.4 Å². The molecule has 0 fully saturated rings. The number of alkyl halides is 2. The van der Waals surface area contributed by atoms with E-state index in [-0.39, 0.29) is 11.7 Å². The van der Waals surface area contributed by atoms with Crippen LogP contribution in [0.2, 0.25) is 5.15 Å². The lowest BCUT2D eigenvalue weighted by Crippen LogP contribution is -2.13. The summed E-state index contributed by atoms with van der Waals surface area (Å²) in [5, 5.41) is 3.00. The van der Waals surface area contributed by atoms with E-state index >= 15 is 0 Å². The Labute approximate surface area is 124 Å². The third-order valence-corrected chi connectivity index (χ3v) is 2.85. The number of anilines is 1. The molecular weight excluding hydrogens is 302 g/mol. The van der Waals surface area contributed by atoms with Crippen molar-refractivity contribution >= 4 is 23.2 Å². The number of benzene rings is 1. The molecule has 1 aromatic heterocycles. The lowest BCUT2D eigenvalue weighted by Gasteiger charge is -2.09. The van der Waals surface area contributed by atoms with E-state index in [4.69, 9.17) is 11.6 Å². The number of amides is 1. The van der Waals surface area contributed by atoms with Gasteiger partial charge in [0.2, 0.25) is 0 Å². The Morgan fingerprint density at radius 3 is 2.48 bits per heavy atom. The smallest absolute Gasteiger partial charge is 0.387 e. The first-order valence-corrected chi connectivity index (χ1v) is 6.33. The Hall–Kier alpha value is -2.21. The van der Waals surface area contributed by atoms with Crippen LogP contribution in [0.4, 0.5) is 14.5 Å². The Morgan fingerprint density at radius 2 is 1.90 bits per heavy atom. The molecule has 0 saturated heterocycles. The molecule has 21 heavy (non-hydrogen) atoms. The molecule has 1 heterocycles. The van der Waals surface area contributed by atoms with Gasteiger partial charge in [-0.15, -0.1) is 0 Å². The number of carbonyl (C=O) groups is 1. The van der Waals surface area contributed by atoms with Gasteiger partial charge in [0.25, 0.3) is 5.91 Å². The lowest BCUT2D eigenvalue weighted by atomic mass is 10.2. The van der Waals surface area contributed by atoms with Crippen molar-refractivity contribution in [2.45, 2.75) is 13.5 Å². The molecule has 0 aliphatic carbocycles. The number of ether oxygens (including phenoxy) is 1. The van der Waals surface area contributed by atoms with Gasteiger partial charge in [0, 0.05) is 5.56 Å². The van der Waals surface area contributed by atoms with Crippen LogP contribution in [0.3, 0.4) is 0 Å². The highest BCUT2D eigenvalue weighted by atomic mass is 35.5. The summed E-state index contributed by atoms with van der Waals surface area (Å²) in [6.07, 6.45) is 0. The summed E-state index contributed by atoms with van der Waals surface area (Å²) in [7, 11) is 0. The predicted octanol–water partition coefficient (Wildman–Crippen LogP) is 3.90. The van der Waals surface area contributed by atoms with E-state index in [1.807, 2.05) is 0 Å². The maximum atomic E-state index is 12.0. The molecule has 0 spiro atoms. The Balaban J connectivity index is 2.09. The molecule has 0 atom stereocenters. The molecule has 0 aliphatic rings. The van der Waals surface area contributed by atoms with Gasteiger partial charge in [-0.1, -0.05) is 11.6 Å². The van der Waals surface area contributed by atoms with Crippen molar-refractivity contribution in [3.05, 3.63) is 52.8 Å². The maximum absolute atomic E-state index is 12.0. The molecule has 2 aromatic rings. The third kappa shape index (κ3) is 4.13. The minimum Gasteiger partial charge on any atom is -0.435 e. The van der Waals surface area contributed by atoms with E-state index in [2.05, 4.69) is 15.0 Å². The second-order valence-electron chi connectivity index (χ2n) is 4.12. The number of carbonyl (C=O) groups excluding carboxylic acids is 1. The predicted molar refractivity (Wildman–Crippen MR) is 75.0 cm³/mol. The summed E-state index contributed by atoms with van der Waals surface area (Å²) in [6, 6.07) is 8.58. The zero-order chi connectivity index (χ0) is 15.4. The third-order valence-electron chi connectivity index (χ3n) is 2.64. The average Bonchev–Trinajstić information content (AvgIpc) is 2.42. The number of nitrogens with one attached hydrogen (secondary N) is 1. The molecule has 7 heteroatoms. The first kappa shape index (κ1) is 15.2.